The molecule has 5 aliphatic carbocycles. The van der Waals surface area contributed by atoms with Crippen molar-refractivity contribution in [1.82, 2.24) is 4.90 Å². The molecular formula is C27H30N2O5. The van der Waals surface area contributed by atoms with Gasteiger partial charge in [-0.15, -0.1) is 0 Å². The highest BCUT2D eigenvalue weighted by molar-refractivity contribution is 6.06. The van der Waals surface area contributed by atoms with Gasteiger partial charge in [-0.2, -0.15) is 0 Å². The SMILES string of the molecule is CCOC(=O)c1ccc(NC(=O)C2CCC(N3C(=O)C4C5C=CC(C6CC56)C4C3=O)CC2)cc1. The molecule has 6 aliphatic rings. The first-order valence-electron chi connectivity index (χ1n) is 12.6. The van der Waals surface area contributed by atoms with Crippen LogP contribution in [0.15, 0.2) is 36.4 Å². The van der Waals surface area contributed by atoms with Gasteiger partial charge in [0.25, 0.3) is 0 Å². The number of rotatable bonds is 5. The van der Waals surface area contributed by atoms with E-state index in [1.807, 2.05) is 0 Å². The standard InChI is InChI=1S/C27H30N2O5/c1-2-34-27(33)15-3-7-16(8-4-15)28-24(30)14-5-9-17(10-6-14)29-25(31)22-18-11-12-19(21-13-20(18)21)23(22)26(29)32/h3-4,7-8,11-12,14,17-23H,2,5-6,9-10,13H2,1H3,(H,28,30). The Kier molecular flexibility index (Phi) is 5.12. The van der Waals surface area contributed by atoms with Crippen LogP contribution in [0, 0.1) is 41.4 Å². The molecule has 1 saturated heterocycles. The zero-order valence-electron chi connectivity index (χ0n) is 19.3. The Morgan fingerprint density at radius 1 is 0.941 bits per heavy atom. The molecule has 6 unspecified atom stereocenters. The van der Waals surface area contributed by atoms with E-state index in [1.54, 1.807) is 36.1 Å². The van der Waals surface area contributed by atoms with Gasteiger partial charge < -0.3 is 10.1 Å². The van der Waals surface area contributed by atoms with Gasteiger partial charge in [-0.05, 0) is 87.0 Å². The number of anilines is 1. The summed E-state index contributed by atoms with van der Waals surface area (Å²) in [5.41, 5.74) is 1.08. The number of esters is 1. The number of carbonyl (C=O) groups is 4. The molecule has 0 aromatic heterocycles. The highest BCUT2D eigenvalue weighted by Gasteiger charge is 2.67. The molecule has 3 saturated carbocycles. The molecule has 1 aromatic carbocycles. The topological polar surface area (TPSA) is 92.8 Å². The van der Waals surface area contributed by atoms with Crippen LogP contribution in [0.25, 0.3) is 0 Å². The quantitative estimate of drug-likeness (QED) is 0.411. The number of ether oxygens (including phenoxy) is 1. The number of nitrogens with zero attached hydrogens (tertiary/aromatic N) is 1. The zero-order valence-corrected chi connectivity index (χ0v) is 19.3. The van der Waals surface area contributed by atoms with Gasteiger partial charge in [-0.1, -0.05) is 12.2 Å². The summed E-state index contributed by atoms with van der Waals surface area (Å²) in [6.45, 7) is 2.07. The van der Waals surface area contributed by atoms with Gasteiger partial charge in [0.15, 0.2) is 0 Å². The Morgan fingerprint density at radius 2 is 1.53 bits per heavy atom. The third-order valence-electron chi connectivity index (χ3n) is 8.79. The highest BCUT2D eigenvalue weighted by atomic mass is 16.5. The Morgan fingerprint density at radius 3 is 2.09 bits per heavy atom. The van der Waals surface area contributed by atoms with Gasteiger partial charge in [0.05, 0.1) is 24.0 Å². The fourth-order valence-corrected chi connectivity index (χ4v) is 7.08. The maximum Gasteiger partial charge on any atom is 0.338 e. The number of hydrogen-bond acceptors (Lipinski definition) is 5. The lowest BCUT2D eigenvalue weighted by atomic mass is 9.63. The summed E-state index contributed by atoms with van der Waals surface area (Å²) in [5.74, 6) is 0.901. The predicted octanol–water partition coefficient (Wildman–Crippen LogP) is 3.41. The summed E-state index contributed by atoms with van der Waals surface area (Å²) in [7, 11) is 0. The molecule has 7 rings (SSSR count). The van der Waals surface area contributed by atoms with Crippen molar-refractivity contribution in [2.24, 2.45) is 41.4 Å². The Labute approximate surface area is 198 Å². The Hall–Kier alpha value is -2.96. The van der Waals surface area contributed by atoms with Crippen LogP contribution in [0.5, 0.6) is 0 Å². The number of likely N-dealkylation sites (tertiary alicyclic amines) is 1. The van der Waals surface area contributed by atoms with Crippen LogP contribution in [0.1, 0.15) is 49.4 Å². The fraction of sp³-hybridized carbons (Fsp3) is 0.556. The lowest BCUT2D eigenvalue weighted by molar-refractivity contribution is -0.144. The molecule has 2 bridgehead atoms. The number of amides is 3. The number of imide groups is 1. The second-order valence-electron chi connectivity index (χ2n) is 10.5. The number of allylic oxidation sites excluding steroid dienone is 2. The largest absolute Gasteiger partial charge is 0.462 e. The first kappa shape index (κ1) is 21.6. The summed E-state index contributed by atoms with van der Waals surface area (Å²) in [4.78, 5) is 52.9. The van der Waals surface area contributed by atoms with Crippen LogP contribution in [-0.2, 0) is 19.1 Å². The molecule has 1 heterocycles. The fourth-order valence-electron chi connectivity index (χ4n) is 7.08. The molecule has 0 radical (unpaired) electrons. The van der Waals surface area contributed by atoms with Crippen molar-refractivity contribution in [1.29, 1.82) is 0 Å². The first-order chi connectivity index (χ1) is 16.5. The minimum absolute atomic E-state index is 0.0364. The molecule has 1 aliphatic heterocycles. The minimum Gasteiger partial charge on any atom is -0.462 e. The second kappa shape index (κ2) is 8.07. The molecule has 178 valence electrons. The lowest BCUT2D eigenvalue weighted by Crippen LogP contribution is -2.44. The molecule has 7 nitrogen and oxygen atoms in total. The number of nitrogens with one attached hydrogen (secondary N) is 1. The van der Waals surface area contributed by atoms with E-state index in [1.165, 1.54) is 6.42 Å². The van der Waals surface area contributed by atoms with Gasteiger partial charge in [-0.3, -0.25) is 19.3 Å². The second-order valence-corrected chi connectivity index (χ2v) is 10.5. The zero-order chi connectivity index (χ0) is 23.6. The van der Waals surface area contributed by atoms with Crippen LogP contribution < -0.4 is 5.32 Å². The lowest BCUT2D eigenvalue weighted by Gasteiger charge is -2.37. The van der Waals surface area contributed by atoms with E-state index in [9.17, 15) is 19.2 Å². The summed E-state index contributed by atoms with van der Waals surface area (Å²) in [5, 5.41) is 2.94. The molecule has 4 fully saturated rings. The number of carbonyl (C=O) groups excluding carboxylic acids is 4. The van der Waals surface area contributed by atoms with E-state index < -0.39 is 0 Å². The Bertz CT molecular complexity index is 1030. The maximum absolute atomic E-state index is 13.3. The van der Waals surface area contributed by atoms with Gasteiger partial charge in [0, 0.05) is 17.6 Å². The van der Waals surface area contributed by atoms with Crippen LogP contribution in [-0.4, -0.2) is 41.2 Å². The summed E-state index contributed by atoms with van der Waals surface area (Å²) >= 11 is 0. The van der Waals surface area contributed by atoms with Crippen LogP contribution in [0.4, 0.5) is 5.69 Å². The maximum atomic E-state index is 13.3. The highest BCUT2D eigenvalue weighted by Crippen LogP contribution is 2.65. The van der Waals surface area contributed by atoms with Crippen molar-refractivity contribution < 1.29 is 23.9 Å². The molecule has 3 amide bonds. The molecule has 6 atom stereocenters. The van der Waals surface area contributed by atoms with Crippen LogP contribution in [0.2, 0.25) is 0 Å². The average molecular weight is 463 g/mol. The monoisotopic (exact) mass is 462 g/mol. The molecule has 1 aromatic rings. The third-order valence-corrected chi connectivity index (χ3v) is 8.79. The average Bonchev–Trinajstić information content (AvgIpc) is 3.63. The van der Waals surface area contributed by atoms with Crippen molar-refractivity contribution >= 4 is 29.4 Å². The minimum atomic E-state index is -0.384. The van der Waals surface area contributed by atoms with E-state index in [-0.39, 0.29) is 59.3 Å². The van der Waals surface area contributed by atoms with E-state index in [0.29, 0.717) is 55.4 Å². The molecular weight excluding hydrogens is 432 g/mol. The molecule has 34 heavy (non-hydrogen) atoms. The van der Waals surface area contributed by atoms with Crippen molar-refractivity contribution in [3.05, 3.63) is 42.0 Å². The molecule has 1 N–H and O–H groups in total. The van der Waals surface area contributed by atoms with E-state index >= 15 is 0 Å². The van der Waals surface area contributed by atoms with Crippen LogP contribution in [0.3, 0.4) is 0 Å². The smallest absolute Gasteiger partial charge is 0.338 e. The molecule has 0 spiro atoms. The van der Waals surface area contributed by atoms with Crippen LogP contribution >= 0.6 is 0 Å². The van der Waals surface area contributed by atoms with E-state index in [2.05, 4.69) is 17.5 Å². The van der Waals surface area contributed by atoms with E-state index in [4.69, 9.17) is 4.74 Å². The summed E-state index contributed by atoms with van der Waals surface area (Å²) < 4.78 is 4.98. The summed E-state index contributed by atoms with van der Waals surface area (Å²) in [6.07, 6.45) is 8.23. The van der Waals surface area contributed by atoms with Crippen molar-refractivity contribution in [2.75, 3.05) is 11.9 Å². The first-order valence-corrected chi connectivity index (χ1v) is 12.6. The third kappa shape index (κ3) is 3.31. The summed E-state index contributed by atoms with van der Waals surface area (Å²) in [6, 6.07) is 6.59. The number of hydrogen-bond donors (Lipinski definition) is 1. The normalized spacial score (nSPS) is 37.3. The van der Waals surface area contributed by atoms with E-state index in [0.717, 1.165) is 0 Å². The van der Waals surface area contributed by atoms with Crippen molar-refractivity contribution in [2.45, 2.75) is 45.1 Å². The number of benzene rings is 1. The van der Waals surface area contributed by atoms with Crippen molar-refractivity contribution in [3.63, 3.8) is 0 Å². The molecule has 7 heteroatoms. The van der Waals surface area contributed by atoms with Crippen molar-refractivity contribution in [3.8, 4) is 0 Å². The van der Waals surface area contributed by atoms with Gasteiger partial charge in [0.2, 0.25) is 17.7 Å². The predicted molar refractivity (Wildman–Crippen MR) is 123 cm³/mol. The Balaban J connectivity index is 1.06. The van der Waals surface area contributed by atoms with Gasteiger partial charge in [0.1, 0.15) is 0 Å². The van der Waals surface area contributed by atoms with Gasteiger partial charge in [-0.25, -0.2) is 4.79 Å². The van der Waals surface area contributed by atoms with Gasteiger partial charge >= 0.3 is 5.97 Å².